The first-order valence-electron chi connectivity index (χ1n) is 5.07. The Hall–Kier alpha value is -0.226. The Morgan fingerprint density at radius 3 is 1.14 bits per heavy atom. The smallest absolute Gasteiger partial charge is 0.249 e. The van der Waals surface area contributed by atoms with Crippen molar-refractivity contribution in [3.8, 4) is 0 Å². The molecule has 0 amide bonds. The lowest BCUT2D eigenvalue weighted by atomic mass is 10.4. The molecule has 84 valence electrons. The van der Waals surface area contributed by atoms with Crippen molar-refractivity contribution < 1.29 is 8.85 Å². The zero-order chi connectivity index (χ0) is 11.6. The van der Waals surface area contributed by atoms with Gasteiger partial charge < -0.3 is 8.85 Å². The van der Waals surface area contributed by atoms with Gasteiger partial charge in [0.1, 0.15) is 0 Å². The third-order valence-electron chi connectivity index (χ3n) is 1.21. The van der Waals surface area contributed by atoms with Gasteiger partial charge in [0.05, 0.1) is 0 Å². The minimum atomic E-state index is -1.54. The molecule has 2 nitrogen and oxygen atoms in total. The van der Waals surface area contributed by atoms with Crippen LogP contribution in [0.1, 0.15) is 13.8 Å². The second kappa shape index (κ2) is 4.53. The third-order valence-corrected chi connectivity index (χ3v) is 2.80. The summed E-state index contributed by atoms with van der Waals surface area (Å²) in [6.07, 6.45) is 0. The fraction of sp³-hybridized carbons (Fsp3) is 0.800. The summed E-state index contributed by atoms with van der Waals surface area (Å²) >= 11 is 0. The van der Waals surface area contributed by atoms with Crippen LogP contribution in [0.3, 0.4) is 0 Å². The van der Waals surface area contributed by atoms with Crippen molar-refractivity contribution in [2.45, 2.75) is 53.1 Å². The summed E-state index contributed by atoms with van der Waals surface area (Å²) in [6.45, 7) is 17.1. The van der Waals surface area contributed by atoms with Gasteiger partial charge in [-0.15, -0.1) is 0 Å². The number of hydrogen-bond donors (Lipinski definition) is 0. The van der Waals surface area contributed by atoms with E-state index >= 15 is 0 Å². The molecular formula is C10H24O2Si2. The van der Waals surface area contributed by atoms with Gasteiger partial charge in [0, 0.05) is 5.57 Å². The fourth-order valence-electron chi connectivity index (χ4n) is 0.781. The minimum absolute atomic E-state index is 0.767. The highest BCUT2D eigenvalue weighted by Crippen LogP contribution is 2.19. The van der Waals surface area contributed by atoms with Crippen LogP contribution in [0.15, 0.2) is 11.5 Å². The van der Waals surface area contributed by atoms with E-state index in [4.69, 9.17) is 8.85 Å². The fourth-order valence-corrected chi connectivity index (χ4v) is 2.47. The highest BCUT2D eigenvalue weighted by Gasteiger charge is 2.24. The molecule has 14 heavy (non-hydrogen) atoms. The van der Waals surface area contributed by atoms with E-state index < -0.39 is 16.6 Å². The summed E-state index contributed by atoms with van der Waals surface area (Å²) in [5, 5.41) is 0. The molecule has 0 heterocycles. The van der Waals surface area contributed by atoms with Crippen molar-refractivity contribution in [3.05, 3.63) is 11.5 Å². The van der Waals surface area contributed by atoms with E-state index in [-0.39, 0.29) is 0 Å². The normalized spacial score (nSPS) is 12.3. The van der Waals surface area contributed by atoms with Crippen molar-refractivity contribution in [2.75, 3.05) is 0 Å². The summed E-state index contributed by atoms with van der Waals surface area (Å²) in [6, 6.07) is 0. The molecule has 4 heteroatoms. The van der Waals surface area contributed by atoms with Gasteiger partial charge in [0.15, 0.2) is 0 Å². The molecule has 0 aromatic rings. The summed E-state index contributed by atoms with van der Waals surface area (Å²) in [4.78, 5) is 0. The quantitative estimate of drug-likeness (QED) is 0.540. The first kappa shape index (κ1) is 13.8. The minimum Gasteiger partial charge on any atom is -0.521 e. The van der Waals surface area contributed by atoms with Gasteiger partial charge in [-0.2, -0.15) is 0 Å². The van der Waals surface area contributed by atoms with E-state index in [0.717, 1.165) is 11.5 Å². The molecule has 0 unspecified atom stereocenters. The van der Waals surface area contributed by atoms with Crippen LogP contribution < -0.4 is 0 Å². The van der Waals surface area contributed by atoms with Crippen LogP contribution in [-0.2, 0) is 8.85 Å². The van der Waals surface area contributed by atoms with Gasteiger partial charge in [0.2, 0.25) is 22.6 Å². The van der Waals surface area contributed by atoms with Crippen LogP contribution in [0.4, 0.5) is 0 Å². The van der Waals surface area contributed by atoms with E-state index in [1.54, 1.807) is 0 Å². The summed E-state index contributed by atoms with van der Waals surface area (Å²) in [7, 11) is -3.09. The predicted molar refractivity (Wildman–Crippen MR) is 67.2 cm³/mol. The Kier molecular flexibility index (Phi) is 4.46. The van der Waals surface area contributed by atoms with Gasteiger partial charge in [-0.25, -0.2) is 0 Å². The monoisotopic (exact) mass is 232 g/mol. The maximum absolute atomic E-state index is 5.91. The van der Waals surface area contributed by atoms with E-state index in [2.05, 4.69) is 39.3 Å². The van der Waals surface area contributed by atoms with Crippen molar-refractivity contribution in [1.29, 1.82) is 0 Å². The van der Waals surface area contributed by atoms with Gasteiger partial charge in [0.25, 0.3) is 0 Å². The zero-order valence-electron chi connectivity index (χ0n) is 10.8. The van der Waals surface area contributed by atoms with Crippen LogP contribution in [0.2, 0.25) is 39.3 Å². The van der Waals surface area contributed by atoms with Crippen LogP contribution >= 0.6 is 0 Å². The predicted octanol–water partition coefficient (Wildman–Crippen LogP) is 3.94. The Bertz CT molecular complexity index is 199. The second-order valence-electron chi connectivity index (χ2n) is 5.72. The average molecular weight is 232 g/mol. The largest absolute Gasteiger partial charge is 0.521 e. The van der Waals surface area contributed by atoms with Crippen molar-refractivity contribution in [3.63, 3.8) is 0 Å². The number of rotatable bonds is 4. The lowest BCUT2D eigenvalue weighted by Gasteiger charge is -2.28. The average Bonchev–Trinajstić information content (AvgIpc) is 1.78. The first-order valence-corrected chi connectivity index (χ1v) is 11.9. The van der Waals surface area contributed by atoms with Crippen LogP contribution in [0, 0.1) is 0 Å². The molecule has 0 aliphatic heterocycles. The molecular weight excluding hydrogens is 208 g/mol. The lowest BCUT2D eigenvalue weighted by molar-refractivity contribution is 0.210. The Labute approximate surface area is 90.6 Å². The molecule has 0 radical (unpaired) electrons. The standard InChI is InChI=1S/C10H24O2Si2/c1-9(2)10(11-13(3,4)5)12-14(6,7)8/h1-8H3. The molecule has 0 spiro atoms. The Morgan fingerprint density at radius 2 is 1.00 bits per heavy atom. The van der Waals surface area contributed by atoms with Crippen molar-refractivity contribution >= 4 is 16.6 Å². The number of hydrogen-bond acceptors (Lipinski definition) is 2. The molecule has 0 bridgehead atoms. The Balaban J connectivity index is 4.59. The molecule has 0 aliphatic rings. The molecule has 0 rings (SSSR count). The van der Waals surface area contributed by atoms with Crippen LogP contribution in [0.5, 0.6) is 0 Å². The summed E-state index contributed by atoms with van der Waals surface area (Å²) in [5.74, 6) is 0.767. The van der Waals surface area contributed by atoms with E-state index in [0.29, 0.717) is 0 Å². The molecule has 0 aromatic carbocycles. The molecule has 0 saturated carbocycles. The third kappa shape index (κ3) is 7.20. The van der Waals surface area contributed by atoms with Gasteiger partial charge in [-0.1, -0.05) is 0 Å². The van der Waals surface area contributed by atoms with Crippen molar-refractivity contribution in [2.24, 2.45) is 0 Å². The maximum Gasteiger partial charge on any atom is 0.249 e. The van der Waals surface area contributed by atoms with E-state index in [9.17, 15) is 0 Å². The molecule has 0 atom stereocenters. The lowest BCUT2D eigenvalue weighted by Crippen LogP contribution is -2.32. The second-order valence-corrected chi connectivity index (χ2v) is 14.6. The Morgan fingerprint density at radius 1 is 0.714 bits per heavy atom. The molecule has 0 saturated heterocycles. The SMILES string of the molecule is CC(C)=C(O[Si](C)(C)C)O[Si](C)(C)C. The van der Waals surface area contributed by atoms with Crippen LogP contribution in [0.25, 0.3) is 0 Å². The molecule has 0 aliphatic carbocycles. The maximum atomic E-state index is 5.91. The molecule has 0 N–H and O–H groups in total. The first-order chi connectivity index (χ1) is 6.01. The highest BCUT2D eigenvalue weighted by molar-refractivity contribution is 6.71. The van der Waals surface area contributed by atoms with E-state index in [1.165, 1.54) is 0 Å². The summed E-state index contributed by atoms with van der Waals surface area (Å²) in [5.41, 5.74) is 1.13. The topological polar surface area (TPSA) is 18.5 Å². The number of allylic oxidation sites excluding steroid dienone is 1. The molecule has 0 fully saturated rings. The summed E-state index contributed by atoms with van der Waals surface area (Å²) < 4.78 is 11.8. The highest BCUT2D eigenvalue weighted by atomic mass is 28.4. The van der Waals surface area contributed by atoms with Crippen LogP contribution in [-0.4, -0.2) is 16.6 Å². The molecule has 0 aromatic heterocycles. The van der Waals surface area contributed by atoms with Gasteiger partial charge in [-0.05, 0) is 53.1 Å². The zero-order valence-corrected chi connectivity index (χ0v) is 12.8. The van der Waals surface area contributed by atoms with E-state index in [1.807, 2.05) is 13.8 Å². The van der Waals surface area contributed by atoms with Crippen molar-refractivity contribution in [1.82, 2.24) is 0 Å². The van der Waals surface area contributed by atoms with Gasteiger partial charge in [-0.3, -0.25) is 0 Å². The van der Waals surface area contributed by atoms with Gasteiger partial charge >= 0.3 is 0 Å².